The first-order valence-corrected chi connectivity index (χ1v) is 15.2. The number of amides is 2. The number of anilines is 1. The normalized spacial score (nSPS) is 20.8. The molecule has 3 atom stereocenters. The number of benzene rings is 3. The molecule has 0 radical (unpaired) electrons. The van der Waals surface area contributed by atoms with Crippen LogP contribution in [0.25, 0.3) is 16.9 Å². The number of fused-ring (bicyclic) bond motifs is 1. The highest BCUT2D eigenvalue weighted by Crippen LogP contribution is 2.49. The van der Waals surface area contributed by atoms with E-state index in [0.717, 1.165) is 27.9 Å². The van der Waals surface area contributed by atoms with E-state index in [0.29, 0.717) is 24.6 Å². The molecule has 0 bridgehead atoms. The summed E-state index contributed by atoms with van der Waals surface area (Å²) in [6.45, 7) is 6.76. The van der Waals surface area contributed by atoms with E-state index in [-0.39, 0.29) is 47.4 Å². The summed E-state index contributed by atoms with van der Waals surface area (Å²) >= 11 is 1.54. The molecule has 1 fully saturated rings. The van der Waals surface area contributed by atoms with Gasteiger partial charge >= 0.3 is 0 Å². The lowest BCUT2D eigenvalue weighted by molar-refractivity contribution is -0.142. The number of halogens is 1. The lowest BCUT2D eigenvalue weighted by Crippen LogP contribution is -2.52. The number of thioether (sulfide) groups is 1. The average molecular weight is 585 g/mol. The molecule has 1 saturated heterocycles. The molecule has 1 aromatic heterocycles. The van der Waals surface area contributed by atoms with Crippen LogP contribution in [0.3, 0.4) is 0 Å². The van der Waals surface area contributed by atoms with Crippen molar-refractivity contribution in [2.45, 2.75) is 38.2 Å². The van der Waals surface area contributed by atoms with E-state index < -0.39 is 0 Å². The van der Waals surface area contributed by atoms with Crippen LogP contribution < -0.4 is 4.90 Å². The summed E-state index contributed by atoms with van der Waals surface area (Å²) < 4.78 is 21.6. The summed E-state index contributed by atoms with van der Waals surface area (Å²) in [5.74, 6) is 0.0273. The molecule has 4 aromatic rings. The van der Waals surface area contributed by atoms with Gasteiger partial charge in [-0.15, -0.1) is 11.8 Å². The quantitative estimate of drug-likeness (QED) is 0.297. The molecule has 0 saturated carbocycles. The first-order valence-electron chi connectivity index (χ1n) is 14.1. The highest BCUT2D eigenvalue weighted by molar-refractivity contribution is 8.00. The molecule has 2 aliphatic heterocycles. The Balaban J connectivity index is 1.57. The van der Waals surface area contributed by atoms with Crippen molar-refractivity contribution in [2.75, 3.05) is 30.3 Å². The average Bonchev–Trinajstić information content (AvgIpc) is 3.30. The first-order chi connectivity index (χ1) is 20.3. The third kappa shape index (κ3) is 5.46. The molecule has 9 heteroatoms. The van der Waals surface area contributed by atoms with Crippen molar-refractivity contribution in [1.29, 1.82) is 0 Å². The highest BCUT2D eigenvalue weighted by Gasteiger charge is 2.39. The number of carbonyl (C=O) groups excluding carboxylic acids is 2. The molecule has 2 amide bonds. The Morgan fingerprint density at radius 3 is 2.33 bits per heavy atom. The van der Waals surface area contributed by atoms with Gasteiger partial charge in [0.25, 0.3) is 0 Å². The van der Waals surface area contributed by atoms with Gasteiger partial charge in [-0.1, -0.05) is 54.6 Å². The molecule has 6 rings (SSSR count). The van der Waals surface area contributed by atoms with E-state index in [4.69, 9.17) is 9.84 Å². The minimum absolute atomic E-state index is 0.0940. The van der Waals surface area contributed by atoms with Crippen LogP contribution in [-0.4, -0.2) is 64.1 Å². The van der Waals surface area contributed by atoms with Gasteiger partial charge in [0.2, 0.25) is 11.8 Å². The maximum absolute atomic E-state index is 14.0. The second kappa shape index (κ2) is 11.7. The van der Waals surface area contributed by atoms with E-state index in [1.807, 2.05) is 56.3 Å². The van der Waals surface area contributed by atoms with Crippen molar-refractivity contribution in [3.8, 4) is 16.9 Å². The van der Waals surface area contributed by atoms with Gasteiger partial charge in [-0.3, -0.25) is 14.5 Å². The van der Waals surface area contributed by atoms with Gasteiger partial charge in [0.05, 0.1) is 34.6 Å². The molecule has 0 spiro atoms. The zero-order valence-electron chi connectivity index (χ0n) is 23.9. The molecular weight excluding hydrogens is 551 g/mol. The molecule has 2 aliphatic rings. The summed E-state index contributed by atoms with van der Waals surface area (Å²) in [6, 6.07) is 24.1. The number of ether oxygens (including phenoxy) is 1. The summed E-state index contributed by atoms with van der Waals surface area (Å²) in [5, 5.41) is 4.86. The van der Waals surface area contributed by atoms with E-state index >= 15 is 0 Å². The fourth-order valence-corrected chi connectivity index (χ4v) is 7.13. The van der Waals surface area contributed by atoms with Crippen LogP contribution >= 0.6 is 11.8 Å². The second-order valence-electron chi connectivity index (χ2n) is 10.9. The van der Waals surface area contributed by atoms with Crippen molar-refractivity contribution in [3.05, 3.63) is 101 Å². The second-order valence-corrected chi connectivity index (χ2v) is 12.0. The van der Waals surface area contributed by atoms with Gasteiger partial charge in [-0.05, 0) is 56.2 Å². The Morgan fingerprint density at radius 1 is 0.976 bits per heavy atom. The van der Waals surface area contributed by atoms with Crippen LogP contribution in [0.5, 0.6) is 0 Å². The molecule has 3 heterocycles. The van der Waals surface area contributed by atoms with Crippen LogP contribution in [0.15, 0.2) is 78.9 Å². The van der Waals surface area contributed by atoms with Crippen molar-refractivity contribution >= 4 is 29.4 Å². The Morgan fingerprint density at radius 2 is 1.64 bits per heavy atom. The molecule has 3 aromatic carbocycles. The van der Waals surface area contributed by atoms with Crippen molar-refractivity contribution in [3.63, 3.8) is 0 Å². The minimum Gasteiger partial charge on any atom is -0.372 e. The molecular formula is C33H33FN4O3S. The number of hydrogen-bond acceptors (Lipinski definition) is 5. The fraction of sp³-hybridized carbons (Fsp3) is 0.303. The van der Waals surface area contributed by atoms with Gasteiger partial charge in [0.1, 0.15) is 18.2 Å². The van der Waals surface area contributed by atoms with Gasteiger partial charge in [-0.25, -0.2) is 9.07 Å². The van der Waals surface area contributed by atoms with E-state index in [1.165, 1.54) is 23.9 Å². The lowest BCUT2D eigenvalue weighted by Gasteiger charge is -2.36. The SMILES string of the molecule is Cc1ccccc1C1SCC(=O)N(CC(=O)N2CC(C)OC(C)C2)c2c1c(-c1ccccc1)nn2-c1ccc(F)cc1. The third-order valence-electron chi connectivity index (χ3n) is 7.74. The Hall–Kier alpha value is -3.95. The molecule has 0 aliphatic carbocycles. The smallest absolute Gasteiger partial charge is 0.242 e. The van der Waals surface area contributed by atoms with Gasteiger partial charge < -0.3 is 9.64 Å². The number of morpholine rings is 1. The van der Waals surface area contributed by atoms with E-state index in [2.05, 4.69) is 19.1 Å². The summed E-state index contributed by atoms with van der Waals surface area (Å²) in [5.41, 5.74) is 5.25. The largest absolute Gasteiger partial charge is 0.372 e. The van der Waals surface area contributed by atoms with Crippen LogP contribution in [-0.2, 0) is 14.3 Å². The van der Waals surface area contributed by atoms with E-state index in [9.17, 15) is 14.0 Å². The van der Waals surface area contributed by atoms with Crippen LogP contribution in [0.1, 0.15) is 35.8 Å². The summed E-state index contributed by atoms with van der Waals surface area (Å²) in [7, 11) is 0. The number of nitrogens with zero attached hydrogens (tertiary/aromatic N) is 4. The highest BCUT2D eigenvalue weighted by atomic mass is 32.2. The van der Waals surface area contributed by atoms with Crippen molar-refractivity contribution < 1.29 is 18.7 Å². The standard InChI is InChI=1S/C33H33FN4O3S/c1-21-9-7-8-12-27(21)32-30-31(24-10-5-4-6-11-24)35-38(26-15-13-25(34)14-16-26)33(30)37(29(40)20-42-32)19-28(39)36-17-22(2)41-23(3)18-36/h4-16,22-23,32H,17-20H2,1-3H3. The van der Waals surface area contributed by atoms with Gasteiger partial charge in [0, 0.05) is 24.2 Å². The van der Waals surface area contributed by atoms with Crippen LogP contribution in [0.2, 0.25) is 0 Å². The molecule has 3 unspecified atom stereocenters. The minimum atomic E-state index is -0.368. The summed E-state index contributed by atoms with van der Waals surface area (Å²) in [6.07, 6.45) is -0.188. The maximum Gasteiger partial charge on any atom is 0.242 e. The molecule has 7 nitrogen and oxygen atoms in total. The Labute approximate surface area is 249 Å². The zero-order valence-corrected chi connectivity index (χ0v) is 24.7. The number of aromatic nitrogens is 2. The number of rotatable bonds is 5. The van der Waals surface area contributed by atoms with E-state index in [1.54, 1.807) is 26.6 Å². The monoisotopic (exact) mass is 584 g/mol. The third-order valence-corrected chi connectivity index (χ3v) is 8.98. The Bertz CT molecular complexity index is 1600. The van der Waals surface area contributed by atoms with Crippen LogP contribution in [0.4, 0.5) is 10.2 Å². The number of carbonyl (C=O) groups is 2. The summed E-state index contributed by atoms with van der Waals surface area (Å²) in [4.78, 5) is 31.1. The van der Waals surface area contributed by atoms with Gasteiger partial charge in [0.15, 0.2) is 0 Å². The topological polar surface area (TPSA) is 67.7 Å². The lowest BCUT2D eigenvalue weighted by atomic mass is 9.97. The zero-order chi connectivity index (χ0) is 29.4. The molecule has 0 N–H and O–H groups in total. The molecule has 216 valence electrons. The first kappa shape index (κ1) is 28.2. The predicted molar refractivity (Wildman–Crippen MR) is 163 cm³/mol. The maximum atomic E-state index is 14.0. The van der Waals surface area contributed by atoms with Gasteiger partial charge in [-0.2, -0.15) is 5.10 Å². The van der Waals surface area contributed by atoms with Crippen LogP contribution in [0, 0.1) is 12.7 Å². The predicted octanol–water partition coefficient (Wildman–Crippen LogP) is 5.79. The fourth-order valence-electron chi connectivity index (χ4n) is 5.83. The Kier molecular flexibility index (Phi) is 7.88. The number of hydrogen-bond donors (Lipinski definition) is 0. The van der Waals surface area contributed by atoms with Crippen molar-refractivity contribution in [2.24, 2.45) is 0 Å². The number of aryl methyl sites for hydroxylation is 1. The van der Waals surface area contributed by atoms with Crippen molar-refractivity contribution in [1.82, 2.24) is 14.7 Å². The molecule has 42 heavy (non-hydrogen) atoms.